The Morgan fingerprint density at radius 3 is 2.52 bits per heavy atom. The highest BCUT2D eigenvalue weighted by Gasteiger charge is 2.05. The molecule has 0 saturated heterocycles. The van der Waals surface area contributed by atoms with Gasteiger partial charge in [-0.2, -0.15) is 0 Å². The Balaban J connectivity index is 1.77. The number of thiocarbonyl (C=S) groups is 1. The van der Waals surface area contributed by atoms with Crippen molar-refractivity contribution in [2.24, 2.45) is 0 Å². The molecule has 0 atom stereocenters. The van der Waals surface area contributed by atoms with E-state index >= 15 is 0 Å². The van der Waals surface area contributed by atoms with Gasteiger partial charge in [-0.1, -0.05) is 54.1 Å². The summed E-state index contributed by atoms with van der Waals surface area (Å²) in [6.07, 6.45) is 0.964. The molecule has 0 bridgehead atoms. The van der Waals surface area contributed by atoms with E-state index < -0.39 is 0 Å². The van der Waals surface area contributed by atoms with Gasteiger partial charge in [-0.15, -0.1) is 0 Å². The van der Waals surface area contributed by atoms with Crippen LogP contribution in [0.3, 0.4) is 0 Å². The Bertz CT molecular complexity index is 586. The molecule has 0 radical (unpaired) electrons. The molecule has 2 aromatic carbocycles. The first-order valence-corrected chi connectivity index (χ1v) is 7.71. The van der Waals surface area contributed by atoms with Crippen molar-refractivity contribution in [2.75, 3.05) is 13.6 Å². The lowest BCUT2D eigenvalue weighted by Crippen LogP contribution is -2.37. The summed E-state index contributed by atoms with van der Waals surface area (Å²) in [6.45, 7) is 1.58. The van der Waals surface area contributed by atoms with Crippen LogP contribution in [-0.4, -0.2) is 23.6 Å². The second kappa shape index (κ2) is 8.01. The largest absolute Gasteiger partial charge is 0.362 e. The first-order valence-electron chi connectivity index (χ1n) is 6.92. The van der Waals surface area contributed by atoms with Crippen molar-refractivity contribution < 1.29 is 0 Å². The number of nitrogens with zero attached hydrogens (tertiary/aromatic N) is 1. The molecule has 110 valence electrons. The Hall–Kier alpha value is -1.58. The standard InChI is InChI=1S/C17H19ClN2S/c1-20(13-15-8-5-9-16(18)12-15)17(21)19-11-10-14-6-3-2-4-7-14/h2-9,12H,10-11,13H2,1H3,(H,19,21). The molecule has 2 rings (SSSR count). The lowest BCUT2D eigenvalue weighted by Gasteiger charge is -2.21. The molecular weight excluding hydrogens is 300 g/mol. The van der Waals surface area contributed by atoms with Gasteiger partial charge in [-0.25, -0.2) is 0 Å². The first kappa shape index (κ1) is 15.8. The zero-order valence-electron chi connectivity index (χ0n) is 12.1. The maximum absolute atomic E-state index is 5.99. The van der Waals surface area contributed by atoms with Gasteiger partial charge >= 0.3 is 0 Å². The molecule has 0 unspecified atom stereocenters. The molecular formula is C17H19ClN2S. The monoisotopic (exact) mass is 318 g/mol. The van der Waals surface area contributed by atoms with Crippen LogP contribution in [0.4, 0.5) is 0 Å². The van der Waals surface area contributed by atoms with E-state index in [0.29, 0.717) is 0 Å². The molecule has 2 nitrogen and oxygen atoms in total. The summed E-state index contributed by atoms with van der Waals surface area (Å²) in [5.74, 6) is 0. The fraction of sp³-hybridized carbons (Fsp3) is 0.235. The molecule has 0 saturated carbocycles. The summed E-state index contributed by atoms with van der Waals surface area (Å²) < 4.78 is 0. The number of hydrogen-bond acceptors (Lipinski definition) is 1. The fourth-order valence-electron chi connectivity index (χ4n) is 2.07. The van der Waals surface area contributed by atoms with E-state index in [9.17, 15) is 0 Å². The number of rotatable bonds is 5. The maximum Gasteiger partial charge on any atom is 0.168 e. The van der Waals surface area contributed by atoms with Crippen molar-refractivity contribution in [1.29, 1.82) is 0 Å². The second-order valence-electron chi connectivity index (χ2n) is 4.95. The Kier molecular flexibility index (Phi) is 6.03. The number of nitrogens with one attached hydrogen (secondary N) is 1. The minimum Gasteiger partial charge on any atom is -0.362 e. The van der Waals surface area contributed by atoms with Crippen LogP contribution >= 0.6 is 23.8 Å². The second-order valence-corrected chi connectivity index (χ2v) is 5.78. The Morgan fingerprint density at radius 1 is 1.10 bits per heavy atom. The van der Waals surface area contributed by atoms with Crippen LogP contribution in [-0.2, 0) is 13.0 Å². The fourth-order valence-corrected chi connectivity index (χ4v) is 2.45. The summed E-state index contributed by atoms with van der Waals surface area (Å²) in [5, 5.41) is 4.80. The van der Waals surface area contributed by atoms with Gasteiger partial charge in [0, 0.05) is 25.2 Å². The molecule has 0 aromatic heterocycles. The molecule has 0 amide bonds. The normalized spacial score (nSPS) is 10.2. The molecule has 0 aliphatic heterocycles. The van der Waals surface area contributed by atoms with Crippen molar-refractivity contribution >= 4 is 28.9 Å². The predicted molar refractivity (Wildman–Crippen MR) is 93.7 cm³/mol. The summed E-state index contributed by atoms with van der Waals surface area (Å²) in [7, 11) is 1.98. The van der Waals surface area contributed by atoms with Crippen LogP contribution < -0.4 is 5.32 Å². The number of benzene rings is 2. The van der Waals surface area contributed by atoms with Gasteiger partial charge in [0.25, 0.3) is 0 Å². The molecule has 0 aliphatic carbocycles. The third kappa shape index (κ3) is 5.37. The zero-order chi connectivity index (χ0) is 15.1. The predicted octanol–water partition coefficient (Wildman–Crippen LogP) is 3.89. The van der Waals surface area contributed by atoms with Crippen LogP contribution in [0.1, 0.15) is 11.1 Å². The van der Waals surface area contributed by atoms with Crippen molar-refractivity contribution in [2.45, 2.75) is 13.0 Å². The van der Waals surface area contributed by atoms with E-state index in [1.54, 1.807) is 0 Å². The maximum atomic E-state index is 5.99. The van der Waals surface area contributed by atoms with Gasteiger partial charge in [0.1, 0.15) is 0 Å². The topological polar surface area (TPSA) is 15.3 Å². The molecule has 0 heterocycles. The van der Waals surface area contributed by atoms with Crippen molar-refractivity contribution in [3.8, 4) is 0 Å². The van der Waals surface area contributed by atoms with Crippen LogP contribution in [0.5, 0.6) is 0 Å². The van der Waals surface area contributed by atoms with Gasteiger partial charge < -0.3 is 10.2 Å². The van der Waals surface area contributed by atoms with Crippen molar-refractivity contribution in [1.82, 2.24) is 10.2 Å². The van der Waals surface area contributed by atoms with Gasteiger partial charge in [-0.05, 0) is 41.9 Å². The molecule has 21 heavy (non-hydrogen) atoms. The highest BCUT2D eigenvalue weighted by atomic mass is 35.5. The highest BCUT2D eigenvalue weighted by molar-refractivity contribution is 7.80. The number of halogens is 1. The molecule has 0 fully saturated rings. The Morgan fingerprint density at radius 2 is 1.81 bits per heavy atom. The third-order valence-electron chi connectivity index (χ3n) is 3.19. The molecule has 0 spiro atoms. The SMILES string of the molecule is CN(Cc1cccc(Cl)c1)C(=S)NCCc1ccccc1. The molecule has 4 heteroatoms. The van der Waals surface area contributed by atoms with Gasteiger partial charge in [0.2, 0.25) is 0 Å². The van der Waals surface area contributed by atoms with Crippen molar-refractivity contribution in [3.05, 3.63) is 70.7 Å². The molecule has 0 aliphatic rings. The summed E-state index contributed by atoms with van der Waals surface area (Å²) in [5.41, 5.74) is 2.46. The average molecular weight is 319 g/mol. The van der Waals surface area contributed by atoms with E-state index in [4.69, 9.17) is 23.8 Å². The van der Waals surface area contributed by atoms with E-state index in [0.717, 1.165) is 35.2 Å². The first-order chi connectivity index (χ1) is 10.1. The minimum atomic E-state index is 0.748. The van der Waals surface area contributed by atoms with Crippen LogP contribution in [0.15, 0.2) is 54.6 Å². The average Bonchev–Trinajstić information content (AvgIpc) is 2.48. The van der Waals surface area contributed by atoms with E-state index in [1.807, 2.05) is 36.2 Å². The van der Waals surface area contributed by atoms with Gasteiger partial charge in [-0.3, -0.25) is 0 Å². The summed E-state index contributed by atoms with van der Waals surface area (Å²) in [4.78, 5) is 2.02. The molecule has 1 N–H and O–H groups in total. The lowest BCUT2D eigenvalue weighted by atomic mass is 10.1. The lowest BCUT2D eigenvalue weighted by molar-refractivity contribution is 0.489. The third-order valence-corrected chi connectivity index (χ3v) is 3.88. The van der Waals surface area contributed by atoms with Crippen LogP contribution in [0.2, 0.25) is 5.02 Å². The molecule has 2 aromatic rings. The summed E-state index contributed by atoms with van der Waals surface area (Å²) >= 11 is 11.4. The van der Waals surface area contributed by atoms with E-state index in [2.05, 4.69) is 35.6 Å². The van der Waals surface area contributed by atoms with E-state index in [-0.39, 0.29) is 0 Å². The quantitative estimate of drug-likeness (QED) is 0.842. The zero-order valence-corrected chi connectivity index (χ0v) is 13.6. The summed E-state index contributed by atoms with van der Waals surface area (Å²) in [6, 6.07) is 18.2. The minimum absolute atomic E-state index is 0.748. The smallest absolute Gasteiger partial charge is 0.168 e. The number of hydrogen-bond donors (Lipinski definition) is 1. The highest BCUT2D eigenvalue weighted by Crippen LogP contribution is 2.12. The Labute approximate surface area is 136 Å². The van der Waals surface area contributed by atoms with Crippen LogP contribution in [0, 0.1) is 0 Å². The van der Waals surface area contributed by atoms with Crippen molar-refractivity contribution in [3.63, 3.8) is 0 Å². The van der Waals surface area contributed by atoms with Gasteiger partial charge in [0.15, 0.2) is 5.11 Å². The van der Waals surface area contributed by atoms with Crippen LogP contribution in [0.25, 0.3) is 0 Å². The van der Waals surface area contributed by atoms with Gasteiger partial charge in [0.05, 0.1) is 0 Å². The van der Waals surface area contributed by atoms with E-state index in [1.165, 1.54) is 5.56 Å².